The second-order valence-corrected chi connectivity index (χ2v) is 3.23. The molecule has 1 aromatic rings. The molecule has 0 saturated heterocycles. The van der Waals surface area contributed by atoms with Crippen LogP contribution in [0.2, 0.25) is 0 Å². The lowest BCUT2D eigenvalue weighted by Gasteiger charge is -2.15. The topological polar surface area (TPSA) is 75.3 Å². The summed E-state index contributed by atoms with van der Waals surface area (Å²) in [5.74, 6) is -1.47. The van der Waals surface area contributed by atoms with E-state index < -0.39 is 17.8 Å². The molecule has 82 valence electrons. The van der Waals surface area contributed by atoms with Gasteiger partial charge in [-0.2, -0.15) is 0 Å². The molecule has 1 rings (SSSR count). The molecule has 4 nitrogen and oxygen atoms in total. The fraction of sp³-hybridized carbons (Fsp3) is 0.300. The van der Waals surface area contributed by atoms with Crippen LogP contribution in [0.4, 0.5) is 10.1 Å². The SMILES string of the molecule is Cc1ccc(F)cc1NC(CN)C(=O)O. The van der Waals surface area contributed by atoms with Gasteiger partial charge in [0.2, 0.25) is 0 Å². The molecular formula is C10H13FN2O2. The number of nitrogens with one attached hydrogen (secondary N) is 1. The molecule has 15 heavy (non-hydrogen) atoms. The molecule has 5 heteroatoms. The van der Waals surface area contributed by atoms with Crippen molar-refractivity contribution in [2.45, 2.75) is 13.0 Å². The van der Waals surface area contributed by atoms with Crippen LogP contribution in [0.5, 0.6) is 0 Å². The minimum atomic E-state index is -1.05. The van der Waals surface area contributed by atoms with E-state index in [0.717, 1.165) is 5.56 Å². The molecule has 0 aliphatic rings. The Morgan fingerprint density at radius 2 is 2.33 bits per heavy atom. The molecule has 0 saturated carbocycles. The largest absolute Gasteiger partial charge is 0.480 e. The van der Waals surface area contributed by atoms with Crippen molar-refractivity contribution in [2.75, 3.05) is 11.9 Å². The summed E-state index contributed by atoms with van der Waals surface area (Å²) in [6.07, 6.45) is 0. The third-order valence-electron chi connectivity index (χ3n) is 2.06. The smallest absolute Gasteiger partial charge is 0.327 e. The number of halogens is 1. The van der Waals surface area contributed by atoms with Crippen LogP contribution in [-0.4, -0.2) is 23.7 Å². The van der Waals surface area contributed by atoms with Crippen molar-refractivity contribution < 1.29 is 14.3 Å². The lowest BCUT2D eigenvalue weighted by Crippen LogP contribution is -2.36. The maximum absolute atomic E-state index is 12.9. The number of hydrogen-bond acceptors (Lipinski definition) is 3. The summed E-state index contributed by atoms with van der Waals surface area (Å²) in [7, 11) is 0. The van der Waals surface area contributed by atoms with Crippen LogP contribution in [0.25, 0.3) is 0 Å². The van der Waals surface area contributed by atoms with Gasteiger partial charge >= 0.3 is 5.97 Å². The summed E-state index contributed by atoms with van der Waals surface area (Å²) in [6, 6.07) is 3.25. The predicted molar refractivity (Wildman–Crippen MR) is 55.2 cm³/mol. The second kappa shape index (κ2) is 4.75. The molecule has 1 unspecified atom stereocenters. The first kappa shape index (κ1) is 11.5. The van der Waals surface area contributed by atoms with E-state index in [1.165, 1.54) is 12.1 Å². The Hall–Kier alpha value is -1.62. The van der Waals surface area contributed by atoms with Crippen LogP contribution < -0.4 is 11.1 Å². The van der Waals surface area contributed by atoms with Gasteiger partial charge in [-0.1, -0.05) is 6.07 Å². The maximum Gasteiger partial charge on any atom is 0.327 e. The molecule has 0 heterocycles. The van der Waals surface area contributed by atoms with Crippen molar-refractivity contribution in [1.29, 1.82) is 0 Å². The standard InChI is InChI=1S/C10H13FN2O2/c1-6-2-3-7(11)4-8(6)13-9(5-12)10(14)15/h2-4,9,13H,5,12H2,1H3,(H,14,15). The average molecular weight is 212 g/mol. The van der Waals surface area contributed by atoms with Gasteiger partial charge in [0.05, 0.1) is 0 Å². The Balaban J connectivity index is 2.87. The fourth-order valence-electron chi connectivity index (χ4n) is 1.16. The van der Waals surface area contributed by atoms with Gasteiger partial charge in [-0.25, -0.2) is 9.18 Å². The van der Waals surface area contributed by atoms with E-state index >= 15 is 0 Å². The highest BCUT2D eigenvalue weighted by Gasteiger charge is 2.15. The number of benzene rings is 1. The molecule has 1 atom stereocenters. The Morgan fingerprint density at radius 3 is 2.87 bits per heavy atom. The van der Waals surface area contributed by atoms with E-state index in [1.54, 1.807) is 13.0 Å². The Kier molecular flexibility index (Phi) is 3.62. The Morgan fingerprint density at radius 1 is 1.67 bits per heavy atom. The first-order valence-electron chi connectivity index (χ1n) is 4.50. The second-order valence-electron chi connectivity index (χ2n) is 3.23. The highest BCUT2D eigenvalue weighted by Crippen LogP contribution is 2.16. The summed E-state index contributed by atoms with van der Waals surface area (Å²) in [5.41, 5.74) is 6.50. The van der Waals surface area contributed by atoms with E-state index in [-0.39, 0.29) is 6.54 Å². The van der Waals surface area contributed by atoms with Gasteiger partial charge < -0.3 is 16.2 Å². The van der Waals surface area contributed by atoms with Crippen LogP contribution in [-0.2, 0) is 4.79 Å². The first-order valence-corrected chi connectivity index (χ1v) is 4.50. The minimum Gasteiger partial charge on any atom is -0.480 e. The van der Waals surface area contributed by atoms with Crippen molar-refractivity contribution in [3.05, 3.63) is 29.6 Å². The summed E-state index contributed by atoms with van der Waals surface area (Å²) < 4.78 is 12.9. The van der Waals surface area contributed by atoms with Crippen LogP contribution >= 0.6 is 0 Å². The lowest BCUT2D eigenvalue weighted by atomic mass is 10.1. The number of aryl methyl sites for hydroxylation is 1. The van der Waals surface area contributed by atoms with Crippen molar-refractivity contribution >= 4 is 11.7 Å². The van der Waals surface area contributed by atoms with Crippen LogP contribution in [0.15, 0.2) is 18.2 Å². The third kappa shape index (κ3) is 2.92. The Bertz CT molecular complexity index is 368. The van der Waals surface area contributed by atoms with Crippen molar-refractivity contribution in [3.63, 3.8) is 0 Å². The minimum absolute atomic E-state index is 0.0503. The van der Waals surface area contributed by atoms with Crippen molar-refractivity contribution in [3.8, 4) is 0 Å². The van der Waals surface area contributed by atoms with Crippen LogP contribution in [0, 0.1) is 12.7 Å². The van der Waals surface area contributed by atoms with E-state index in [9.17, 15) is 9.18 Å². The van der Waals surface area contributed by atoms with Crippen LogP contribution in [0.3, 0.4) is 0 Å². The molecule has 1 aromatic carbocycles. The molecule has 0 bridgehead atoms. The Labute approximate surface area is 86.9 Å². The number of carbonyl (C=O) groups is 1. The molecular weight excluding hydrogens is 199 g/mol. The molecule has 0 fully saturated rings. The zero-order valence-electron chi connectivity index (χ0n) is 8.33. The molecule has 4 N–H and O–H groups in total. The lowest BCUT2D eigenvalue weighted by molar-refractivity contribution is -0.137. The van der Waals surface area contributed by atoms with Gasteiger partial charge in [-0.3, -0.25) is 0 Å². The van der Waals surface area contributed by atoms with Gasteiger partial charge in [0.25, 0.3) is 0 Å². The first-order chi connectivity index (χ1) is 7.04. The van der Waals surface area contributed by atoms with Gasteiger partial charge in [0.1, 0.15) is 11.9 Å². The average Bonchev–Trinajstić information content (AvgIpc) is 2.18. The van der Waals surface area contributed by atoms with Crippen LogP contribution in [0.1, 0.15) is 5.56 Å². The summed E-state index contributed by atoms with van der Waals surface area (Å²) >= 11 is 0. The fourth-order valence-corrected chi connectivity index (χ4v) is 1.16. The van der Waals surface area contributed by atoms with E-state index in [0.29, 0.717) is 5.69 Å². The number of nitrogens with two attached hydrogens (primary N) is 1. The predicted octanol–water partition coefficient (Wildman–Crippen LogP) is 0.958. The maximum atomic E-state index is 12.9. The van der Waals surface area contributed by atoms with Gasteiger partial charge in [0.15, 0.2) is 0 Å². The zero-order chi connectivity index (χ0) is 11.4. The molecule has 0 amide bonds. The number of anilines is 1. The molecule has 0 radical (unpaired) electrons. The molecule has 0 spiro atoms. The number of rotatable bonds is 4. The number of aliphatic carboxylic acids is 1. The summed E-state index contributed by atoms with van der Waals surface area (Å²) in [5, 5.41) is 11.4. The molecule has 0 aromatic heterocycles. The summed E-state index contributed by atoms with van der Waals surface area (Å²) in [6.45, 7) is 1.71. The van der Waals surface area contributed by atoms with Crippen molar-refractivity contribution in [1.82, 2.24) is 0 Å². The quantitative estimate of drug-likeness (QED) is 0.694. The highest BCUT2D eigenvalue weighted by molar-refractivity contribution is 5.78. The number of carboxylic acid groups (broad SMARTS) is 1. The molecule has 0 aliphatic heterocycles. The normalized spacial score (nSPS) is 12.2. The number of carboxylic acids is 1. The van der Waals surface area contributed by atoms with Gasteiger partial charge in [-0.05, 0) is 24.6 Å². The van der Waals surface area contributed by atoms with Gasteiger partial charge in [0, 0.05) is 12.2 Å². The molecule has 0 aliphatic carbocycles. The number of hydrogen-bond donors (Lipinski definition) is 3. The van der Waals surface area contributed by atoms with Crippen molar-refractivity contribution in [2.24, 2.45) is 5.73 Å². The summed E-state index contributed by atoms with van der Waals surface area (Å²) in [4.78, 5) is 10.7. The zero-order valence-corrected chi connectivity index (χ0v) is 8.33. The van der Waals surface area contributed by atoms with Gasteiger partial charge in [-0.15, -0.1) is 0 Å². The third-order valence-corrected chi connectivity index (χ3v) is 2.06. The van der Waals surface area contributed by atoms with E-state index in [1.807, 2.05) is 0 Å². The van der Waals surface area contributed by atoms with E-state index in [2.05, 4.69) is 5.32 Å². The van der Waals surface area contributed by atoms with E-state index in [4.69, 9.17) is 10.8 Å². The highest BCUT2D eigenvalue weighted by atomic mass is 19.1. The monoisotopic (exact) mass is 212 g/mol.